The van der Waals surface area contributed by atoms with Gasteiger partial charge in [-0.3, -0.25) is 0 Å². The van der Waals surface area contributed by atoms with E-state index >= 15 is 0 Å². The van der Waals surface area contributed by atoms with E-state index in [2.05, 4.69) is 41.7 Å². The van der Waals surface area contributed by atoms with E-state index in [-0.39, 0.29) is 0 Å². The molecule has 0 unspecified atom stereocenters. The first-order valence-electron chi connectivity index (χ1n) is 9.87. The van der Waals surface area contributed by atoms with Crippen LogP contribution in [0.4, 0.5) is 5.69 Å². The minimum absolute atomic E-state index is 0.695. The van der Waals surface area contributed by atoms with Gasteiger partial charge in [0.1, 0.15) is 11.5 Å². The quantitative estimate of drug-likeness (QED) is 0.478. The largest absolute Gasteiger partial charge is 0.440 e. The fourth-order valence-electron chi connectivity index (χ4n) is 3.57. The second kappa shape index (κ2) is 7.76. The second-order valence-corrected chi connectivity index (χ2v) is 7.06. The molecule has 29 heavy (non-hydrogen) atoms. The first kappa shape index (κ1) is 17.4. The molecule has 4 heteroatoms. The molecule has 2 heterocycles. The predicted octanol–water partition coefficient (Wildman–Crippen LogP) is 5.77. The van der Waals surface area contributed by atoms with E-state index in [0.717, 1.165) is 53.0 Å². The minimum Gasteiger partial charge on any atom is -0.440 e. The fourth-order valence-corrected chi connectivity index (χ4v) is 3.57. The molecule has 0 spiro atoms. The Bertz CT molecular complexity index is 1090. The Morgan fingerprint density at radius 1 is 0.759 bits per heavy atom. The van der Waals surface area contributed by atoms with E-state index < -0.39 is 0 Å². The molecule has 0 aliphatic carbocycles. The van der Waals surface area contributed by atoms with Crippen molar-refractivity contribution in [3.63, 3.8) is 0 Å². The van der Waals surface area contributed by atoms with Gasteiger partial charge in [0.25, 0.3) is 0 Å². The molecule has 1 aliphatic heterocycles. The average molecular weight is 379 g/mol. The van der Waals surface area contributed by atoms with Gasteiger partial charge in [0.15, 0.2) is 11.7 Å². The topological polar surface area (TPSA) is 50.4 Å². The number of oxazole rings is 1. The number of nitrogens with zero attached hydrogens (tertiary/aromatic N) is 2. The van der Waals surface area contributed by atoms with Gasteiger partial charge in [-0.05, 0) is 11.6 Å². The lowest BCUT2D eigenvalue weighted by Crippen LogP contribution is -2.26. The van der Waals surface area contributed by atoms with E-state index in [0.29, 0.717) is 6.42 Å². The Morgan fingerprint density at radius 2 is 1.45 bits per heavy atom. The SMILES string of the molecule is c1ccc(-c2nc(CCC3=Nc4ccccc4CN3)oc2-c2ccccc2)cc1. The lowest BCUT2D eigenvalue weighted by Gasteiger charge is -2.16. The molecular formula is C25H21N3O. The third-order valence-corrected chi connectivity index (χ3v) is 5.06. The number of benzene rings is 3. The predicted molar refractivity (Wildman–Crippen MR) is 116 cm³/mol. The molecule has 5 rings (SSSR count). The number of hydrogen-bond donors (Lipinski definition) is 1. The Morgan fingerprint density at radius 3 is 2.24 bits per heavy atom. The van der Waals surface area contributed by atoms with Crippen LogP contribution in [0, 0.1) is 0 Å². The molecule has 4 nitrogen and oxygen atoms in total. The molecule has 1 N–H and O–H groups in total. The van der Waals surface area contributed by atoms with Crippen molar-refractivity contribution in [3.05, 3.63) is 96.4 Å². The van der Waals surface area contributed by atoms with Gasteiger partial charge in [0, 0.05) is 30.5 Å². The highest BCUT2D eigenvalue weighted by atomic mass is 16.4. The van der Waals surface area contributed by atoms with Crippen LogP contribution in [0.15, 0.2) is 94.3 Å². The van der Waals surface area contributed by atoms with Crippen LogP contribution in [0.1, 0.15) is 17.9 Å². The van der Waals surface area contributed by atoms with Crippen molar-refractivity contribution in [2.24, 2.45) is 4.99 Å². The van der Waals surface area contributed by atoms with Crippen molar-refractivity contribution < 1.29 is 4.42 Å². The molecule has 0 saturated heterocycles. The minimum atomic E-state index is 0.695. The van der Waals surface area contributed by atoms with Crippen molar-refractivity contribution in [3.8, 4) is 22.6 Å². The summed E-state index contributed by atoms with van der Waals surface area (Å²) in [6, 6.07) is 28.6. The number of amidine groups is 1. The maximum atomic E-state index is 6.22. The molecule has 0 fully saturated rings. The molecule has 1 aromatic heterocycles. The smallest absolute Gasteiger partial charge is 0.195 e. The molecule has 4 aromatic rings. The van der Waals surface area contributed by atoms with E-state index in [1.807, 2.05) is 48.5 Å². The van der Waals surface area contributed by atoms with Gasteiger partial charge >= 0.3 is 0 Å². The number of rotatable bonds is 5. The van der Waals surface area contributed by atoms with Crippen molar-refractivity contribution in [1.82, 2.24) is 10.3 Å². The van der Waals surface area contributed by atoms with Crippen LogP contribution in [0.2, 0.25) is 0 Å². The van der Waals surface area contributed by atoms with Gasteiger partial charge in [-0.15, -0.1) is 0 Å². The summed E-state index contributed by atoms with van der Waals surface area (Å²) in [5.41, 5.74) is 5.25. The molecule has 0 atom stereocenters. The van der Waals surface area contributed by atoms with E-state index in [1.165, 1.54) is 5.56 Å². The van der Waals surface area contributed by atoms with Gasteiger partial charge in [-0.1, -0.05) is 78.9 Å². The normalized spacial score (nSPS) is 12.8. The highest BCUT2D eigenvalue weighted by Crippen LogP contribution is 2.33. The van der Waals surface area contributed by atoms with Gasteiger partial charge in [-0.2, -0.15) is 0 Å². The van der Waals surface area contributed by atoms with Gasteiger partial charge in [0.05, 0.1) is 5.69 Å². The highest BCUT2D eigenvalue weighted by Gasteiger charge is 2.18. The molecule has 0 saturated carbocycles. The summed E-state index contributed by atoms with van der Waals surface area (Å²) in [7, 11) is 0. The number of hydrogen-bond acceptors (Lipinski definition) is 4. The molecular weight excluding hydrogens is 358 g/mol. The number of para-hydroxylation sites is 1. The molecule has 142 valence electrons. The standard InChI is InChI=1S/C25H21N3O/c1-3-9-18(10-4-1)24-25(19-11-5-2-6-12-19)29-23(28-24)16-15-22-26-17-20-13-7-8-14-21(20)27-22/h1-14H,15-17H2,(H,26,27). The molecule has 1 aliphatic rings. The fraction of sp³-hybridized carbons (Fsp3) is 0.120. The van der Waals surface area contributed by atoms with Crippen LogP contribution in [-0.4, -0.2) is 10.8 Å². The van der Waals surface area contributed by atoms with Gasteiger partial charge < -0.3 is 9.73 Å². The van der Waals surface area contributed by atoms with E-state index in [1.54, 1.807) is 0 Å². The van der Waals surface area contributed by atoms with E-state index in [9.17, 15) is 0 Å². The molecule has 3 aromatic carbocycles. The summed E-state index contributed by atoms with van der Waals surface area (Å²) in [6.07, 6.45) is 1.46. The molecule has 0 amide bonds. The van der Waals surface area contributed by atoms with Crippen molar-refractivity contribution in [1.29, 1.82) is 0 Å². The van der Waals surface area contributed by atoms with Crippen molar-refractivity contribution >= 4 is 11.5 Å². The van der Waals surface area contributed by atoms with Gasteiger partial charge in [-0.25, -0.2) is 9.98 Å². The average Bonchev–Trinajstić information content (AvgIpc) is 3.23. The summed E-state index contributed by atoms with van der Waals surface area (Å²) in [6.45, 7) is 0.811. The van der Waals surface area contributed by atoms with Crippen LogP contribution in [0.5, 0.6) is 0 Å². The Hall–Kier alpha value is -3.66. The van der Waals surface area contributed by atoms with Crippen LogP contribution < -0.4 is 5.32 Å². The number of nitrogens with one attached hydrogen (secondary N) is 1. The van der Waals surface area contributed by atoms with Crippen LogP contribution >= 0.6 is 0 Å². The zero-order valence-electron chi connectivity index (χ0n) is 16.0. The summed E-state index contributed by atoms with van der Waals surface area (Å²) in [4.78, 5) is 9.58. The monoisotopic (exact) mass is 379 g/mol. The zero-order chi connectivity index (χ0) is 19.5. The van der Waals surface area contributed by atoms with Crippen LogP contribution in [-0.2, 0) is 13.0 Å². The maximum Gasteiger partial charge on any atom is 0.195 e. The van der Waals surface area contributed by atoms with Crippen molar-refractivity contribution in [2.75, 3.05) is 0 Å². The summed E-state index contributed by atoms with van der Waals surface area (Å²) >= 11 is 0. The third kappa shape index (κ3) is 3.69. The first-order chi connectivity index (χ1) is 14.4. The lowest BCUT2D eigenvalue weighted by atomic mass is 10.1. The highest BCUT2D eigenvalue weighted by molar-refractivity contribution is 5.87. The first-order valence-corrected chi connectivity index (χ1v) is 9.87. The molecule has 0 radical (unpaired) electrons. The summed E-state index contributed by atoms with van der Waals surface area (Å²) in [5.74, 6) is 2.52. The van der Waals surface area contributed by atoms with Crippen molar-refractivity contribution in [2.45, 2.75) is 19.4 Å². The van der Waals surface area contributed by atoms with E-state index in [4.69, 9.17) is 14.4 Å². The third-order valence-electron chi connectivity index (χ3n) is 5.06. The Labute approximate surface area is 170 Å². The molecule has 0 bridgehead atoms. The van der Waals surface area contributed by atoms with Crippen LogP contribution in [0.25, 0.3) is 22.6 Å². The number of aliphatic imine (C=N–C) groups is 1. The zero-order valence-corrected chi connectivity index (χ0v) is 16.0. The summed E-state index contributed by atoms with van der Waals surface area (Å²) < 4.78 is 6.22. The van der Waals surface area contributed by atoms with Crippen LogP contribution in [0.3, 0.4) is 0 Å². The second-order valence-electron chi connectivity index (χ2n) is 7.06. The Kier molecular flexibility index (Phi) is 4.67. The lowest BCUT2D eigenvalue weighted by molar-refractivity contribution is 0.508. The summed E-state index contributed by atoms with van der Waals surface area (Å²) in [5, 5.41) is 3.41. The number of aryl methyl sites for hydroxylation is 1. The number of fused-ring (bicyclic) bond motifs is 1. The Balaban J connectivity index is 1.43. The maximum absolute atomic E-state index is 6.22. The number of aromatic nitrogens is 1. The van der Waals surface area contributed by atoms with Gasteiger partial charge in [0.2, 0.25) is 0 Å².